The maximum atomic E-state index is 12.7. The SMILES string of the molecule is CC.CCC1(C)CCC(F)(F)CC1. The molecule has 0 saturated heterocycles. The second kappa shape index (κ2) is 4.92. The Morgan fingerprint density at radius 1 is 1.00 bits per heavy atom. The van der Waals surface area contributed by atoms with Gasteiger partial charge in [-0.25, -0.2) is 8.78 Å². The zero-order valence-corrected chi connectivity index (χ0v) is 9.29. The molecule has 0 aromatic carbocycles. The van der Waals surface area contributed by atoms with Crippen molar-refractivity contribution in [2.24, 2.45) is 5.41 Å². The maximum Gasteiger partial charge on any atom is 0.248 e. The van der Waals surface area contributed by atoms with Crippen molar-refractivity contribution < 1.29 is 8.78 Å². The fourth-order valence-corrected chi connectivity index (χ4v) is 1.57. The van der Waals surface area contributed by atoms with E-state index in [1.165, 1.54) is 0 Å². The van der Waals surface area contributed by atoms with Gasteiger partial charge in [0.1, 0.15) is 0 Å². The fourth-order valence-electron chi connectivity index (χ4n) is 1.57. The Hall–Kier alpha value is -0.140. The Kier molecular flexibility index (Phi) is 4.87. The molecule has 0 aliphatic heterocycles. The Bertz CT molecular complexity index is 131. The second-order valence-corrected chi connectivity index (χ2v) is 4.02. The molecule has 0 radical (unpaired) electrons. The molecule has 2 heteroatoms. The fraction of sp³-hybridized carbons (Fsp3) is 1.00. The third kappa shape index (κ3) is 4.06. The summed E-state index contributed by atoms with van der Waals surface area (Å²) in [6, 6.07) is 0. The van der Waals surface area contributed by atoms with Gasteiger partial charge in [0.15, 0.2) is 0 Å². The maximum absolute atomic E-state index is 12.7. The van der Waals surface area contributed by atoms with E-state index in [-0.39, 0.29) is 18.3 Å². The first-order valence-corrected chi connectivity index (χ1v) is 5.35. The predicted octanol–water partition coefficient (Wildman–Crippen LogP) is 4.64. The van der Waals surface area contributed by atoms with Crippen molar-refractivity contribution in [1.82, 2.24) is 0 Å². The highest BCUT2D eigenvalue weighted by Crippen LogP contribution is 2.44. The summed E-state index contributed by atoms with van der Waals surface area (Å²) < 4.78 is 25.4. The minimum absolute atomic E-state index is 0.0946. The highest BCUT2D eigenvalue weighted by molar-refractivity contribution is 4.84. The average Bonchev–Trinajstić information content (AvgIpc) is 2.14. The molecule has 1 aliphatic rings. The van der Waals surface area contributed by atoms with Crippen molar-refractivity contribution >= 4 is 0 Å². The van der Waals surface area contributed by atoms with Crippen LogP contribution in [0.2, 0.25) is 0 Å². The highest BCUT2D eigenvalue weighted by Gasteiger charge is 2.39. The molecular formula is C11H22F2. The van der Waals surface area contributed by atoms with Gasteiger partial charge in [0.05, 0.1) is 0 Å². The minimum atomic E-state index is -2.37. The molecule has 0 aromatic heterocycles. The van der Waals surface area contributed by atoms with Crippen molar-refractivity contribution in [3.63, 3.8) is 0 Å². The van der Waals surface area contributed by atoms with Crippen LogP contribution in [0.5, 0.6) is 0 Å². The minimum Gasteiger partial charge on any atom is -0.207 e. The van der Waals surface area contributed by atoms with E-state index in [1.54, 1.807) is 0 Å². The molecule has 1 saturated carbocycles. The Morgan fingerprint density at radius 3 is 1.69 bits per heavy atom. The number of rotatable bonds is 1. The molecule has 0 atom stereocenters. The summed E-state index contributed by atoms with van der Waals surface area (Å²) in [6.45, 7) is 8.20. The molecule has 0 amide bonds. The lowest BCUT2D eigenvalue weighted by atomic mass is 9.73. The number of halogens is 2. The third-order valence-corrected chi connectivity index (χ3v) is 3.04. The summed E-state index contributed by atoms with van der Waals surface area (Å²) in [5, 5.41) is 0. The Labute approximate surface area is 80.7 Å². The molecule has 1 rings (SSSR count). The molecule has 0 unspecified atom stereocenters. The van der Waals surface area contributed by atoms with Gasteiger partial charge < -0.3 is 0 Å². The van der Waals surface area contributed by atoms with Gasteiger partial charge in [0.2, 0.25) is 5.92 Å². The zero-order valence-electron chi connectivity index (χ0n) is 9.29. The van der Waals surface area contributed by atoms with Crippen LogP contribution >= 0.6 is 0 Å². The number of alkyl halides is 2. The largest absolute Gasteiger partial charge is 0.248 e. The van der Waals surface area contributed by atoms with Gasteiger partial charge in [-0.3, -0.25) is 0 Å². The van der Waals surface area contributed by atoms with Crippen LogP contribution in [-0.2, 0) is 0 Å². The molecule has 13 heavy (non-hydrogen) atoms. The van der Waals surface area contributed by atoms with Crippen molar-refractivity contribution in [2.75, 3.05) is 0 Å². The normalized spacial score (nSPS) is 24.5. The van der Waals surface area contributed by atoms with E-state index in [0.29, 0.717) is 12.8 Å². The smallest absolute Gasteiger partial charge is 0.207 e. The molecule has 0 aromatic rings. The molecule has 0 heterocycles. The van der Waals surface area contributed by atoms with Crippen LogP contribution in [0.15, 0.2) is 0 Å². The Morgan fingerprint density at radius 2 is 1.38 bits per heavy atom. The monoisotopic (exact) mass is 192 g/mol. The van der Waals surface area contributed by atoms with Crippen LogP contribution in [0.25, 0.3) is 0 Å². The lowest BCUT2D eigenvalue weighted by molar-refractivity contribution is -0.0640. The van der Waals surface area contributed by atoms with Gasteiger partial charge in [0, 0.05) is 12.8 Å². The van der Waals surface area contributed by atoms with Crippen molar-refractivity contribution in [3.8, 4) is 0 Å². The van der Waals surface area contributed by atoms with Crippen LogP contribution in [0, 0.1) is 5.41 Å². The highest BCUT2D eigenvalue weighted by atomic mass is 19.3. The number of hydrogen-bond acceptors (Lipinski definition) is 0. The summed E-state index contributed by atoms with van der Waals surface area (Å²) in [7, 11) is 0. The number of hydrogen-bond donors (Lipinski definition) is 0. The predicted molar refractivity (Wildman–Crippen MR) is 53.2 cm³/mol. The summed E-state index contributed by atoms with van der Waals surface area (Å²) in [5.74, 6) is -2.37. The van der Waals surface area contributed by atoms with Gasteiger partial charge in [-0.2, -0.15) is 0 Å². The molecular weight excluding hydrogens is 170 g/mol. The van der Waals surface area contributed by atoms with Crippen molar-refractivity contribution in [3.05, 3.63) is 0 Å². The standard InChI is InChI=1S/C9H16F2.C2H6/c1-3-8(2)4-6-9(10,11)7-5-8;1-2/h3-7H2,1-2H3;1-2H3. The molecule has 0 spiro atoms. The Balaban J connectivity index is 0.000000671. The van der Waals surface area contributed by atoms with Crippen molar-refractivity contribution in [1.29, 1.82) is 0 Å². The average molecular weight is 192 g/mol. The molecule has 0 nitrogen and oxygen atoms in total. The summed E-state index contributed by atoms with van der Waals surface area (Å²) >= 11 is 0. The summed E-state index contributed by atoms with van der Waals surface area (Å²) in [6.07, 6.45) is 2.60. The van der Waals surface area contributed by atoms with E-state index in [0.717, 1.165) is 6.42 Å². The van der Waals surface area contributed by atoms with E-state index in [2.05, 4.69) is 13.8 Å². The lowest BCUT2D eigenvalue weighted by Crippen LogP contribution is -2.30. The van der Waals surface area contributed by atoms with Gasteiger partial charge in [-0.15, -0.1) is 0 Å². The van der Waals surface area contributed by atoms with Gasteiger partial charge in [-0.1, -0.05) is 34.1 Å². The zero-order chi connectivity index (χ0) is 10.5. The molecule has 1 fully saturated rings. The quantitative estimate of drug-likeness (QED) is 0.568. The van der Waals surface area contributed by atoms with E-state index >= 15 is 0 Å². The van der Waals surface area contributed by atoms with Crippen LogP contribution in [-0.4, -0.2) is 5.92 Å². The molecule has 80 valence electrons. The van der Waals surface area contributed by atoms with Crippen LogP contribution < -0.4 is 0 Å². The van der Waals surface area contributed by atoms with E-state index < -0.39 is 5.92 Å². The van der Waals surface area contributed by atoms with Gasteiger partial charge in [0.25, 0.3) is 0 Å². The van der Waals surface area contributed by atoms with Crippen LogP contribution in [0.1, 0.15) is 59.8 Å². The summed E-state index contributed by atoms with van der Waals surface area (Å²) in [5.41, 5.74) is 0.196. The third-order valence-electron chi connectivity index (χ3n) is 3.04. The molecule has 0 bridgehead atoms. The lowest BCUT2D eigenvalue weighted by Gasteiger charge is -2.36. The van der Waals surface area contributed by atoms with Gasteiger partial charge >= 0.3 is 0 Å². The topological polar surface area (TPSA) is 0 Å². The summed E-state index contributed by atoms with van der Waals surface area (Å²) in [4.78, 5) is 0. The molecule has 0 N–H and O–H groups in total. The van der Waals surface area contributed by atoms with Crippen LogP contribution in [0.3, 0.4) is 0 Å². The first-order valence-electron chi connectivity index (χ1n) is 5.35. The van der Waals surface area contributed by atoms with Crippen LogP contribution in [0.4, 0.5) is 8.78 Å². The second-order valence-electron chi connectivity index (χ2n) is 4.02. The van der Waals surface area contributed by atoms with E-state index in [4.69, 9.17) is 0 Å². The first-order chi connectivity index (χ1) is 5.97. The van der Waals surface area contributed by atoms with E-state index in [9.17, 15) is 8.78 Å². The van der Waals surface area contributed by atoms with Gasteiger partial charge in [-0.05, 0) is 18.3 Å². The first kappa shape index (κ1) is 12.9. The van der Waals surface area contributed by atoms with Crippen molar-refractivity contribution in [2.45, 2.75) is 65.7 Å². The van der Waals surface area contributed by atoms with E-state index in [1.807, 2.05) is 13.8 Å². The molecule has 1 aliphatic carbocycles.